The summed E-state index contributed by atoms with van der Waals surface area (Å²) >= 11 is 1.58. The van der Waals surface area contributed by atoms with Crippen molar-refractivity contribution in [3.63, 3.8) is 0 Å². The monoisotopic (exact) mass is 214 g/mol. The van der Waals surface area contributed by atoms with E-state index >= 15 is 0 Å². The highest BCUT2D eigenvalue weighted by Crippen LogP contribution is 2.28. The molecule has 1 heterocycles. The van der Waals surface area contributed by atoms with E-state index in [0.717, 1.165) is 5.01 Å². The molecule has 3 N–H and O–H groups in total. The van der Waals surface area contributed by atoms with Crippen LogP contribution in [0.2, 0.25) is 0 Å². The van der Waals surface area contributed by atoms with Gasteiger partial charge < -0.3 is 10.8 Å². The van der Waals surface area contributed by atoms with Crippen LogP contribution in [0.25, 0.3) is 0 Å². The first kappa shape index (κ1) is 11.6. The van der Waals surface area contributed by atoms with Gasteiger partial charge in [-0.2, -0.15) is 0 Å². The molecule has 0 aliphatic heterocycles. The van der Waals surface area contributed by atoms with Crippen LogP contribution in [0.3, 0.4) is 0 Å². The van der Waals surface area contributed by atoms with E-state index in [1.54, 1.807) is 18.3 Å². The number of nitrogens with two attached hydrogens (primary N) is 1. The van der Waals surface area contributed by atoms with Crippen LogP contribution in [-0.2, 0) is 5.41 Å². The fraction of sp³-hybridized carbons (Fsp3) is 0.700. The molecule has 0 saturated carbocycles. The maximum absolute atomic E-state index is 9.70. The zero-order chi connectivity index (χ0) is 10.9. The van der Waals surface area contributed by atoms with Crippen LogP contribution in [0.1, 0.15) is 44.5 Å². The Morgan fingerprint density at radius 2 is 2.07 bits per heavy atom. The molecule has 1 aromatic rings. The van der Waals surface area contributed by atoms with Gasteiger partial charge in [0.2, 0.25) is 0 Å². The Hall–Kier alpha value is -0.450. The van der Waals surface area contributed by atoms with Crippen molar-refractivity contribution in [2.75, 3.05) is 0 Å². The molecule has 0 aliphatic carbocycles. The lowest BCUT2D eigenvalue weighted by Gasteiger charge is -2.15. The summed E-state index contributed by atoms with van der Waals surface area (Å²) in [6.07, 6.45) is -0.651. The molecular weight excluding hydrogens is 196 g/mol. The average molecular weight is 214 g/mol. The normalized spacial score (nSPS) is 16.7. The van der Waals surface area contributed by atoms with Crippen molar-refractivity contribution < 1.29 is 5.11 Å². The van der Waals surface area contributed by atoms with Crippen molar-refractivity contribution in [3.05, 3.63) is 16.1 Å². The van der Waals surface area contributed by atoms with Gasteiger partial charge in [0.1, 0.15) is 6.10 Å². The number of thiazole rings is 1. The van der Waals surface area contributed by atoms with Gasteiger partial charge in [-0.05, 0) is 6.92 Å². The van der Waals surface area contributed by atoms with Crippen molar-refractivity contribution in [2.24, 2.45) is 5.73 Å². The molecule has 2 atom stereocenters. The Morgan fingerprint density at radius 3 is 2.43 bits per heavy atom. The molecule has 0 bridgehead atoms. The second kappa shape index (κ2) is 3.96. The van der Waals surface area contributed by atoms with Crippen LogP contribution < -0.4 is 5.73 Å². The molecule has 1 rings (SSSR count). The van der Waals surface area contributed by atoms with Gasteiger partial charge in [-0.25, -0.2) is 4.98 Å². The number of aromatic nitrogens is 1. The molecule has 0 saturated heterocycles. The van der Waals surface area contributed by atoms with Crippen LogP contribution in [-0.4, -0.2) is 16.1 Å². The fourth-order valence-corrected chi connectivity index (χ4v) is 1.97. The molecule has 0 radical (unpaired) electrons. The number of aliphatic hydroxyl groups is 1. The van der Waals surface area contributed by atoms with E-state index in [1.165, 1.54) is 0 Å². The Morgan fingerprint density at radius 1 is 1.50 bits per heavy atom. The largest absolute Gasteiger partial charge is 0.385 e. The fourth-order valence-electron chi connectivity index (χ4n) is 1.04. The van der Waals surface area contributed by atoms with Crippen molar-refractivity contribution >= 4 is 11.3 Å². The molecule has 4 heteroatoms. The second-order valence-electron chi connectivity index (χ2n) is 4.63. The van der Waals surface area contributed by atoms with Crippen molar-refractivity contribution in [3.8, 4) is 0 Å². The van der Waals surface area contributed by atoms with Gasteiger partial charge in [-0.15, -0.1) is 11.3 Å². The summed E-state index contributed by atoms with van der Waals surface area (Å²) in [5.74, 6) is 0. The highest BCUT2D eigenvalue weighted by Gasteiger charge is 2.21. The third-order valence-electron chi connectivity index (χ3n) is 1.96. The predicted octanol–water partition coefficient (Wildman–Crippen LogP) is 1.82. The van der Waals surface area contributed by atoms with Gasteiger partial charge in [-0.3, -0.25) is 0 Å². The molecule has 0 aliphatic rings. The molecular formula is C10H18N2OS. The molecule has 0 aromatic carbocycles. The number of hydrogen-bond acceptors (Lipinski definition) is 4. The van der Waals surface area contributed by atoms with Crippen molar-refractivity contribution in [1.29, 1.82) is 0 Å². The van der Waals surface area contributed by atoms with Gasteiger partial charge >= 0.3 is 0 Å². The molecule has 3 nitrogen and oxygen atoms in total. The van der Waals surface area contributed by atoms with Gasteiger partial charge in [0.15, 0.2) is 0 Å². The van der Waals surface area contributed by atoms with E-state index in [1.807, 2.05) is 5.38 Å². The zero-order valence-electron chi connectivity index (χ0n) is 9.11. The molecule has 80 valence electrons. The topological polar surface area (TPSA) is 59.1 Å². The minimum absolute atomic E-state index is 0.0421. The molecule has 0 spiro atoms. The van der Waals surface area contributed by atoms with E-state index in [-0.39, 0.29) is 11.5 Å². The minimum Gasteiger partial charge on any atom is -0.385 e. The number of nitrogens with zero attached hydrogens (tertiary/aromatic N) is 1. The van der Waals surface area contributed by atoms with Crippen LogP contribution in [0.4, 0.5) is 0 Å². The average Bonchev–Trinajstić information content (AvgIpc) is 2.49. The Kier molecular flexibility index (Phi) is 3.29. The summed E-state index contributed by atoms with van der Waals surface area (Å²) in [6.45, 7) is 8.09. The first-order chi connectivity index (χ1) is 6.32. The van der Waals surface area contributed by atoms with Gasteiger partial charge in [0, 0.05) is 16.8 Å². The van der Waals surface area contributed by atoms with E-state index < -0.39 is 6.10 Å². The third kappa shape index (κ3) is 2.53. The zero-order valence-corrected chi connectivity index (χ0v) is 9.93. The lowest BCUT2D eigenvalue weighted by atomic mass is 9.98. The molecule has 0 fully saturated rings. The highest BCUT2D eigenvalue weighted by atomic mass is 32.1. The number of rotatable bonds is 2. The SMILES string of the molecule is CC(N)C(O)c1csc(C(C)(C)C)n1. The Balaban J connectivity index is 2.89. The maximum Gasteiger partial charge on any atom is 0.112 e. The predicted molar refractivity (Wildman–Crippen MR) is 59.4 cm³/mol. The standard InChI is InChI=1S/C10H18N2OS/c1-6(11)8(13)7-5-14-9(12-7)10(2,3)4/h5-6,8,13H,11H2,1-4H3. The van der Waals surface area contributed by atoms with Crippen molar-refractivity contribution in [2.45, 2.75) is 45.3 Å². The van der Waals surface area contributed by atoms with Gasteiger partial charge in [0.05, 0.1) is 10.7 Å². The van der Waals surface area contributed by atoms with E-state index in [2.05, 4.69) is 25.8 Å². The smallest absolute Gasteiger partial charge is 0.112 e. The summed E-state index contributed by atoms with van der Waals surface area (Å²) in [5, 5.41) is 12.6. The van der Waals surface area contributed by atoms with Gasteiger partial charge in [-0.1, -0.05) is 20.8 Å². The molecule has 14 heavy (non-hydrogen) atoms. The summed E-state index contributed by atoms with van der Waals surface area (Å²) in [5.41, 5.74) is 6.33. The summed E-state index contributed by atoms with van der Waals surface area (Å²) in [4.78, 5) is 4.39. The molecule has 0 amide bonds. The van der Waals surface area contributed by atoms with Crippen LogP contribution in [0, 0.1) is 0 Å². The summed E-state index contributed by atoms with van der Waals surface area (Å²) < 4.78 is 0. The lowest BCUT2D eigenvalue weighted by Crippen LogP contribution is -2.24. The quantitative estimate of drug-likeness (QED) is 0.789. The van der Waals surface area contributed by atoms with Crippen LogP contribution >= 0.6 is 11.3 Å². The second-order valence-corrected chi connectivity index (χ2v) is 5.49. The van der Waals surface area contributed by atoms with Crippen molar-refractivity contribution in [1.82, 2.24) is 4.98 Å². The first-order valence-electron chi connectivity index (χ1n) is 4.72. The van der Waals surface area contributed by atoms with E-state index in [4.69, 9.17) is 5.73 Å². The molecule has 2 unspecified atom stereocenters. The minimum atomic E-state index is -0.651. The Bertz CT molecular complexity index is 301. The summed E-state index contributed by atoms with van der Waals surface area (Å²) in [6, 6.07) is -0.273. The molecule has 1 aromatic heterocycles. The van der Waals surface area contributed by atoms with Crippen LogP contribution in [0.5, 0.6) is 0 Å². The number of aliphatic hydroxyl groups excluding tert-OH is 1. The summed E-state index contributed by atoms with van der Waals surface area (Å²) in [7, 11) is 0. The number of hydrogen-bond donors (Lipinski definition) is 2. The maximum atomic E-state index is 9.70. The first-order valence-corrected chi connectivity index (χ1v) is 5.60. The Labute approximate surface area is 89.0 Å². The van der Waals surface area contributed by atoms with Gasteiger partial charge in [0.25, 0.3) is 0 Å². The van der Waals surface area contributed by atoms with E-state index in [9.17, 15) is 5.11 Å². The third-order valence-corrected chi connectivity index (χ3v) is 3.25. The highest BCUT2D eigenvalue weighted by molar-refractivity contribution is 7.09. The lowest BCUT2D eigenvalue weighted by molar-refractivity contribution is 0.149. The van der Waals surface area contributed by atoms with Crippen LogP contribution in [0.15, 0.2) is 5.38 Å². The van der Waals surface area contributed by atoms with E-state index in [0.29, 0.717) is 5.69 Å².